The summed E-state index contributed by atoms with van der Waals surface area (Å²) in [7, 11) is 0. The molecular formula is C18H23NO2. The summed E-state index contributed by atoms with van der Waals surface area (Å²) in [4.78, 5) is 0. The van der Waals surface area contributed by atoms with E-state index in [2.05, 4.69) is 44.3 Å². The van der Waals surface area contributed by atoms with Gasteiger partial charge in [0.15, 0.2) is 0 Å². The van der Waals surface area contributed by atoms with Gasteiger partial charge in [0, 0.05) is 18.2 Å². The summed E-state index contributed by atoms with van der Waals surface area (Å²) in [6, 6.07) is 11.3. The number of benzene rings is 2. The fraction of sp³-hybridized carbons (Fsp3) is 0.333. The van der Waals surface area contributed by atoms with Crippen LogP contribution in [0.2, 0.25) is 0 Å². The predicted octanol–water partition coefficient (Wildman–Crippen LogP) is 4.13. The van der Waals surface area contributed by atoms with E-state index in [0.29, 0.717) is 0 Å². The van der Waals surface area contributed by atoms with Crippen LogP contribution in [0.25, 0.3) is 0 Å². The topological polar surface area (TPSA) is 52.5 Å². The SMILES string of the molecule is Cc1ccc(C(C)NC(C)c2cc(O)cc(O)c2)c(C)c1. The van der Waals surface area contributed by atoms with Crippen molar-refractivity contribution in [3.05, 3.63) is 58.7 Å². The van der Waals surface area contributed by atoms with Crippen molar-refractivity contribution in [3.63, 3.8) is 0 Å². The standard InChI is InChI=1S/C18H23NO2/c1-11-5-6-18(12(2)7-11)14(4)19-13(3)15-8-16(20)10-17(21)9-15/h5-10,13-14,19-21H,1-4H3. The van der Waals surface area contributed by atoms with Gasteiger partial charge in [-0.25, -0.2) is 0 Å². The summed E-state index contributed by atoms with van der Waals surface area (Å²) in [6.07, 6.45) is 0. The van der Waals surface area contributed by atoms with Gasteiger partial charge in [0.2, 0.25) is 0 Å². The van der Waals surface area contributed by atoms with Crippen LogP contribution in [0.3, 0.4) is 0 Å². The van der Waals surface area contributed by atoms with E-state index in [-0.39, 0.29) is 23.6 Å². The monoisotopic (exact) mass is 285 g/mol. The van der Waals surface area contributed by atoms with Crippen LogP contribution in [0, 0.1) is 13.8 Å². The van der Waals surface area contributed by atoms with Crippen molar-refractivity contribution in [2.24, 2.45) is 0 Å². The Hall–Kier alpha value is -2.00. The molecule has 0 fully saturated rings. The molecule has 2 unspecified atom stereocenters. The maximum atomic E-state index is 9.58. The van der Waals surface area contributed by atoms with Gasteiger partial charge in [0.25, 0.3) is 0 Å². The van der Waals surface area contributed by atoms with Crippen LogP contribution in [-0.2, 0) is 0 Å². The molecule has 112 valence electrons. The molecule has 3 N–H and O–H groups in total. The van der Waals surface area contributed by atoms with Gasteiger partial charge in [-0.05, 0) is 56.5 Å². The molecule has 0 amide bonds. The molecule has 2 atom stereocenters. The Kier molecular flexibility index (Phi) is 4.53. The van der Waals surface area contributed by atoms with Crippen LogP contribution in [0.1, 0.15) is 48.2 Å². The highest BCUT2D eigenvalue weighted by Crippen LogP contribution is 2.27. The number of aryl methyl sites for hydroxylation is 2. The lowest BCUT2D eigenvalue weighted by Crippen LogP contribution is -2.23. The lowest BCUT2D eigenvalue weighted by atomic mass is 9.98. The molecule has 21 heavy (non-hydrogen) atoms. The molecule has 3 heteroatoms. The molecule has 0 aliphatic heterocycles. The fourth-order valence-electron chi connectivity index (χ4n) is 2.74. The van der Waals surface area contributed by atoms with Crippen molar-refractivity contribution in [1.29, 1.82) is 0 Å². The second-order valence-electron chi connectivity index (χ2n) is 5.75. The number of aromatic hydroxyl groups is 2. The van der Waals surface area contributed by atoms with E-state index >= 15 is 0 Å². The molecule has 0 saturated carbocycles. The lowest BCUT2D eigenvalue weighted by molar-refractivity contribution is 0.442. The normalized spacial score (nSPS) is 13.9. The average Bonchev–Trinajstić information content (AvgIpc) is 2.37. The molecule has 0 bridgehead atoms. The highest BCUT2D eigenvalue weighted by atomic mass is 16.3. The molecule has 0 spiro atoms. The van der Waals surface area contributed by atoms with E-state index in [0.717, 1.165) is 5.56 Å². The van der Waals surface area contributed by atoms with Crippen LogP contribution in [0.4, 0.5) is 0 Å². The molecule has 0 aliphatic rings. The van der Waals surface area contributed by atoms with Crippen LogP contribution < -0.4 is 5.32 Å². The minimum absolute atomic E-state index is 0.0266. The Morgan fingerprint density at radius 1 is 0.857 bits per heavy atom. The van der Waals surface area contributed by atoms with Gasteiger partial charge in [-0.15, -0.1) is 0 Å². The minimum atomic E-state index is 0.0266. The van der Waals surface area contributed by atoms with Gasteiger partial charge >= 0.3 is 0 Å². The van der Waals surface area contributed by atoms with Crippen molar-refractivity contribution in [1.82, 2.24) is 5.32 Å². The number of phenolic OH excluding ortho intramolecular Hbond substituents is 2. The number of phenols is 2. The van der Waals surface area contributed by atoms with Crippen LogP contribution in [0.5, 0.6) is 11.5 Å². The predicted molar refractivity (Wildman–Crippen MR) is 85.7 cm³/mol. The third kappa shape index (κ3) is 3.76. The summed E-state index contributed by atoms with van der Waals surface area (Å²) >= 11 is 0. The summed E-state index contributed by atoms with van der Waals surface area (Å²) < 4.78 is 0. The van der Waals surface area contributed by atoms with Crippen molar-refractivity contribution in [2.45, 2.75) is 39.8 Å². The summed E-state index contributed by atoms with van der Waals surface area (Å²) in [5.74, 6) is 0.163. The van der Waals surface area contributed by atoms with E-state index in [9.17, 15) is 10.2 Å². The van der Waals surface area contributed by atoms with E-state index < -0.39 is 0 Å². The first kappa shape index (κ1) is 15.4. The van der Waals surface area contributed by atoms with Crippen molar-refractivity contribution in [2.75, 3.05) is 0 Å². The van der Waals surface area contributed by atoms with Crippen LogP contribution in [0.15, 0.2) is 36.4 Å². The molecule has 3 nitrogen and oxygen atoms in total. The van der Waals surface area contributed by atoms with Crippen molar-refractivity contribution >= 4 is 0 Å². The first-order chi connectivity index (χ1) is 9.86. The Morgan fingerprint density at radius 2 is 1.48 bits per heavy atom. The Morgan fingerprint density at radius 3 is 2.05 bits per heavy atom. The number of hydrogen-bond donors (Lipinski definition) is 3. The third-order valence-electron chi connectivity index (χ3n) is 3.82. The molecule has 0 radical (unpaired) electrons. The maximum absolute atomic E-state index is 9.58. The molecule has 2 rings (SSSR count). The number of nitrogens with one attached hydrogen (secondary N) is 1. The van der Waals surface area contributed by atoms with E-state index in [1.165, 1.54) is 22.8 Å². The second kappa shape index (κ2) is 6.19. The van der Waals surface area contributed by atoms with Gasteiger partial charge in [0.05, 0.1) is 0 Å². The number of hydrogen-bond acceptors (Lipinski definition) is 3. The quantitative estimate of drug-likeness (QED) is 0.792. The van der Waals surface area contributed by atoms with Crippen molar-refractivity contribution in [3.8, 4) is 11.5 Å². The van der Waals surface area contributed by atoms with Gasteiger partial charge in [-0.3, -0.25) is 0 Å². The highest BCUT2D eigenvalue weighted by Gasteiger charge is 2.14. The van der Waals surface area contributed by atoms with E-state index in [1.54, 1.807) is 12.1 Å². The molecule has 2 aromatic carbocycles. The average molecular weight is 285 g/mol. The first-order valence-electron chi connectivity index (χ1n) is 7.23. The zero-order valence-electron chi connectivity index (χ0n) is 13.0. The van der Waals surface area contributed by atoms with Crippen LogP contribution >= 0.6 is 0 Å². The number of rotatable bonds is 4. The molecule has 0 aliphatic carbocycles. The highest BCUT2D eigenvalue weighted by molar-refractivity contribution is 5.38. The Labute approximate surface area is 126 Å². The molecule has 2 aromatic rings. The minimum Gasteiger partial charge on any atom is -0.508 e. The molecular weight excluding hydrogens is 262 g/mol. The van der Waals surface area contributed by atoms with Gasteiger partial charge in [-0.1, -0.05) is 23.8 Å². The smallest absolute Gasteiger partial charge is 0.119 e. The third-order valence-corrected chi connectivity index (χ3v) is 3.82. The summed E-state index contributed by atoms with van der Waals surface area (Å²) in [6.45, 7) is 8.35. The molecule has 0 aromatic heterocycles. The second-order valence-corrected chi connectivity index (χ2v) is 5.75. The lowest BCUT2D eigenvalue weighted by Gasteiger charge is -2.22. The Balaban J connectivity index is 2.16. The van der Waals surface area contributed by atoms with Gasteiger partial charge in [0.1, 0.15) is 11.5 Å². The fourth-order valence-corrected chi connectivity index (χ4v) is 2.74. The molecule has 0 saturated heterocycles. The van der Waals surface area contributed by atoms with Gasteiger partial charge < -0.3 is 15.5 Å². The van der Waals surface area contributed by atoms with E-state index in [1.807, 2.05) is 6.92 Å². The van der Waals surface area contributed by atoms with Gasteiger partial charge in [-0.2, -0.15) is 0 Å². The van der Waals surface area contributed by atoms with Crippen molar-refractivity contribution < 1.29 is 10.2 Å². The zero-order chi connectivity index (χ0) is 15.6. The molecule has 0 heterocycles. The maximum Gasteiger partial charge on any atom is 0.119 e. The first-order valence-corrected chi connectivity index (χ1v) is 7.23. The van der Waals surface area contributed by atoms with Crippen LogP contribution in [-0.4, -0.2) is 10.2 Å². The largest absolute Gasteiger partial charge is 0.508 e. The Bertz CT molecular complexity index is 617. The summed E-state index contributed by atoms with van der Waals surface area (Å²) in [5.41, 5.74) is 4.65. The van der Waals surface area contributed by atoms with E-state index in [4.69, 9.17) is 0 Å². The zero-order valence-corrected chi connectivity index (χ0v) is 13.0. The summed E-state index contributed by atoms with van der Waals surface area (Å²) in [5, 5.41) is 22.7.